The largest absolute Gasteiger partial charge is 0.497 e. The Morgan fingerprint density at radius 2 is 1.81 bits per heavy atom. The molecule has 0 saturated carbocycles. The van der Waals surface area contributed by atoms with Gasteiger partial charge in [0.25, 0.3) is 0 Å². The van der Waals surface area contributed by atoms with E-state index in [1.54, 1.807) is 32.4 Å². The second kappa shape index (κ2) is 5.50. The van der Waals surface area contributed by atoms with E-state index in [0.717, 1.165) is 11.0 Å². The van der Waals surface area contributed by atoms with Crippen molar-refractivity contribution in [3.8, 4) is 11.5 Å². The SMILES string of the molecule is COc1ccc(C(O)c2cc3ccccc3o2)c(OC)c1. The van der Waals surface area contributed by atoms with Crippen molar-refractivity contribution in [1.29, 1.82) is 0 Å². The van der Waals surface area contributed by atoms with Gasteiger partial charge in [0.2, 0.25) is 0 Å². The van der Waals surface area contributed by atoms with Gasteiger partial charge in [0.15, 0.2) is 0 Å². The van der Waals surface area contributed by atoms with Crippen LogP contribution < -0.4 is 9.47 Å². The number of furan rings is 1. The highest BCUT2D eigenvalue weighted by Gasteiger charge is 2.20. The number of para-hydroxylation sites is 1. The lowest BCUT2D eigenvalue weighted by Gasteiger charge is -2.14. The molecule has 0 spiro atoms. The Balaban J connectivity index is 2.02. The lowest BCUT2D eigenvalue weighted by Crippen LogP contribution is -2.01. The molecule has 1 N–H and O–H groups in total. The quantitative estimate of drug-likeness (QED) is 0.796. The lowest BCUT2D eigenvalue weighted by atomic mass is 10.1. The van der Waals surface area contributed by atoms with Gasteiger partial charge in [-0.3, -0.25) is 0 Å². The standard InChI is InChI=1S/C17H16O4/c1-19-12-7-8-13(15(10-12)20-2)17(18)16-9-11-5-3-4-6-14(11)21-16/h3-10,17-18H,1-2H3. The fourth-order valence-corrected chi connectivity index (χ4v) is 2.33. The molecule has 0 aliphatic carbocycles. The van der Waals surface area contributed by atoms with Gasteiger partial charge in [0.05, 0.1) is 14.2 Å². The van der Waals surface area contributed by atoms with Crippen LogP contribution in [-0.4, -0.2) is 19.3 Å². The third-order valence-corrected chi connectivity index (χ3v) is 3.45. The summed E-state index contributed by atoms with van der Waals surface area (Å²) in [5.74, 6) is 1.72. The third kappa shape index (κ3) is 2.45. The molecule has 0 fully saturated rings. The number of aliphatic hydroxyl groups excluding tert-OH is 1. The summed E-state index contributed by atoms with van der Waals surface area (Å²) < 4.78 is 16.2. The molecule has 0 aliphatic heterocycles. The van der Waals surface area contributed by atoms with E-state index in [1.165, 1.54) is 0 Å². The molecule has 2 aromatic carbocycles. The summed E-state index contributed by atoms with van der Waals surface area (Å²) in [7, 11) is 3.15. The van der Waals surface area contributed by atoms with Crippen molar-refractivity contribution < 1.29 is 19.0 Å². The van der Waals surface area contributed by atoms with Crippen molar-refractivity contribution in [3.63, 3.8) is 0 Å². The Morgan fingerprint density at radius 1 is 1.00 bits per heavy atom. The Labute approximate surface area is 122 Å². The Kier molecular flexibility index (Phi) is 3.54. The van der Waals surface area contributed by atoms with Gasteiger partial charge in [0, 0.05) is 17.0 Å². The van der Waals surface area contributed by atoms with Crippen LogP contribution >= 0.6 is 0 Å². The van der Waals surface area contributed by atoms with Crippen molar-refractivity contribution in [2.45, 2.75) is 6.10 Å². The van der Waals surface area contributed by atoms with Gasteiger partial charge in [-0.2, -0.15) is 0 Å². The molecule has 0 radical (unpaired) electrons. The zero-order valence-electron chi connectivity index (χ0n) is 11.9. The number of aliphatic hydroxyl groups is 1. The number of hydrogen-bond acceptors (Lipinski definition) is 4. The maximum absolute atomic E-state index is 10.6. The second-order valence-electron chi connectivity index (χ2n) is 4.70. The topological polar surface area (TPSA) is 51.8 Å². The molecule has 0 aliphatic rings. The van der Waals surface area contributed by atoms with Gasteiger partial charge in [-0.25, -0.2) is 0 Å². The number of hydrogen-bond donors (Lipinski definition) is 1. The summed E-state index contributed by atoms with van der Waals surface area (Å²) in [6.07, 6.45) is -0.891. The average molecular weight is 284 g/mol. The maximum Gasteiger partial charge on any atom is 0.140 e. The molecular weight excluding hydrogens is 268 g/mol. The van der Waals surface area contributed by atoms with Gasteiger partial charge < -0.3 is 19.0 Å². The van der Waals surface area contributed by atoms with Crippen LogP contribution in [0.3, 0.4) is 0 Å². The van der Waals surface area contributed by atoms with Gasteiger partial charge in [0.1, 0.15) is 28.9 Å². The molecule has 3 rings (SSSR count). The Morgan fingerprint density at radius 3 is 2.52 bits per heavy atom. The van der Waals surface area contributed by atoms with Crippen LogP contribution in [0, 0.1) is 0 Å². The van der Waals surface area contributed by atoms with Crippen molar-refractivity contribution in [1.82, 2.24) is 0 Å². The molecule has 4 heteroatoms. The van der Waals surface area contributed by atoms with Gasteiger partial charge in [-0.1, -0.05) is 18.2 Å². The normalized spacial score (nSPS) is 12.3. The highest BCUT2D eigenvalue weighted by atomic mass is 16.5. The van der Waals surface area contributed by atoms with E-state index in [-0.39, 0.29) is 0 Å². The third-order valence-electron chi connectivity index (χ3n) is 3.45. The molecule has 1 aromatic heterocycles. The van der Waals surface area contributed by atoms with E-state index in [4.69, 9.17) is 13.9 Å². The smallest absolute Gasteiger partial charge is 0.140 e. The number of ether oxygens (including phenoxy) is 2. The molecule has 1 atom stereocenters. The minimum absolute atomic E-state index is 0.486. The lowest BCUT2D eigenvalue weighted by molar-refractivity contribution is 0.187. The minimum atomic E-state index is -0.891. The van der Waals surface area contributed by atoms with Crippen LogP contribution in [0.15, 0.2) is 52.9 Å². The molecule has 1 heterocycles. The van der Waals surface area contributed by atoms with Crippen molar-refractivity contribution >= 4 is 11.0 Å². The first kappa shape index (κ1) is 13.5. The van der Waals surface area contributed by atoms with E-state index in [2.05, 4.69) is 0 Å². The summed E-state index contributed by atoms with van der Waals surface area (Å²) >= 11 is 0. The Bertz CT molecular complexity index is 727. The van der Waals surface area contributed by atoms with E-state index in [0.29, 0.717) is 22.8 Å². The van der Waals surface area contributed by atoms with Crippen LogP contribution in [0.1, 0.15) is 17.4 Å². The first-order valence-electron chi connectivity index (χ1n) is 6.61. The number of rotatable bonds is 4. The first-order valence-corrected chi connectivity index (χ1v) is 6.61. The van der Waals surface area contributed by atoms with Gasteiger partial charge >= 0.3 is 0 Å². The predicted octanol–water partition coefficient (Wildman–Crippen LogP) is 3.53. The van der Waals surface area contributed by atoms with Crippen LogP contribution in [0.25, 0.3) is 11.0 Å². The average Bonchev–Trinajstić information content (AvgIpc) is 2.97. The van der Waals surface area contributed by atoms with Crippen molar-refractivity contribution in [3.05, 3.63) is 59.9 Å². The summed E-state index contributed by atoms with van der Waals surface area (Å²) in [6, 6.07) is 14.8. The van der Waals surface area contributed by atoms with Crippen LogP contribution in [0.2, 0.25) is 0 Å². The number of benzene rings is 2. The molecule has 0 amide bonds. The van der Waals surface area contributed by atoms with Crippen LogP contribution in [-0.2, 0) is 0 Å². The van der Waals surface area contributed by atoms with Crippen LogP contribution in [0.5, 0.6) is 11.5 Å². The first-order chi connectivity index (χ1) is 10.2. The predicted molar refractivity (Wildman–Crippen MR) is 79.8 cm³/mol. The Hall–Kier alpha value is -2.46. The van der Waals surface area contributed by atoms with Crippen molar-refractivity contribution in [2.75, 3.05) is 14.2 Å². The molecule has 4 nitrogen and oxygen atoms in total. The van der Waals surface area contributed by atoms with E-state index >= 15 is 0 Å². The highest BCUT2D eigenvalue weighted by Crippen LogP contribution is 2.35. The van der Waals surface area contributed by atoms with Crippen LogP contribution in [0.4, 0.5) is 0 Å². The second-order valence-corrected chi connectivity index (χ2v) is 4.70. The summed E-state index contributed by atoms with van der Waals surface area (Å²) in [5.41, 5.74) is 1.39. The van der Waals surface area contributed by atoms with E-state index < -0.39 is 6.10 Å². The molecule has 0 saturated heterocycles. The maximum atomic E-state index is 10.6. The molecule has 108 valence electrons. The monoisotopic (exact) mass is 284 g/mol. The molecule has 1 unspecified atom stereocenters. The summed E-state index contributed by atoms with van der Waals surface area (Å²) in [5, 5.41) is 11.5. The van der Waals surface area contributed by atoms with Gasteiger partial charge in [-0.15, -0.1) is 0 Å². The highest BCUT2D eigenvalue weighted by molar-refractivity contribution is 5.78. The number of fused-ring (bicyclic) bond motifs is 1. The fourth-order valence-electron chi connectivity index (χ4n) is 2.33. The van der Waals surface area contributed by atoms with E-state index in [1.807, 2.05) is 30.3 Å². The molecule has 0 bridgehead atoms. The molecule has 3 aromatic rings. The number of methoxy groups -OCH3 is 2. The zero-order valence-corrected chi connectivity index (χ0v) is 11.9. The summed E-state index contributed by atoms with van der Waals surface area (Å²) in [6.45, 7) is 0. The zero-order chi connectivity index (χ0) is 14.8. The van der Waals surface area contributed by atoms with E-state index in [9.17, 15) is 5.11 Å². The van der Waals surface area contributed by atoms with Gasteiger partial charge in [-0.05, 0) is 24.3 Å². The van der Waals surface area contributed by atoms with Crippen molar-refractivity contribution in [2.24, 2.45) is 0 Å². The summed E-state index contributed by atoms with van der Waals surface area (Å²) in [4.78, 5) is 0. The fraction of sp³-hybridized carbons (Fsp3) is 0.176. The minimum Gasteiger partial charge on any atom is -0.497 e. The molecular formula is C17H16O4. The molecule has 21 heavy (non-hydrogen) atoms.